The Morgan fingerprint density at radius 3 is 2.36 bits per heavy atom. The minimum absolute atomic E-state index is 0.00516. The van der Waals surface area contributed by atoms with Crippen LogP contribution in [0.5, 0.6) is 0 Å². The molecule has 39 heavy (non-hydrogen) atoms. The number of fused-ring (bicyclic) bond motifs is 1. The van der Waals surface area contributed by atoms with E-state index in [2.05, 4.69) is 4.98 Å². The molecule has 4 bridgehead atoms. The fourth-order valence-electron chi connectivity index (χ4n) is 8.39. The van der Waals surface area contributed by atoms with Crippen LogP contribution in [0, 0.1) is 34.8 Å². The number of ketones is 1. The van der Waals surface area contributed by atoms with Crippen LogP contribution in [-0.2, 0) is 4.79 Å². The van der Waals surface area contributed by atoms with Gasteiger partial charge in [0.2, 0.25) is 11.3 Å². The summed E-state index contributed by atoms with van der Waals surface area (Å²) in [6, 6.07) is 6.38. The van der Waals surface area contributed by atoms with Gasteiger partial charge in [0.05, 0.1) is 16.6 Å². The molecule has 4 saturated carbocycles. The quantitative estimate of drug-likeness (QED) is 0.380. The normalized spacial score (nSPS) is 27.9. The van der Waals surface area contributed by atoms with E-state index < -0.39 is 17.1 Å². The first kappa shape index (κ1) is 24.6. The molecule has 1 saturated heterocycles. The van der Waals surface area contributed by atoms with Crippen molar-refractivity contribution in [1.29, 1.82) is 0 Å². The highest BCUT2D eigenvalue weighted by Crippen LogP contribution is 2.61. The summed E-state index contributed by atoms with van der Waals surface area (Å²) < 4.78 is 30.3. The van der Waals surface area contributed by atoms with Crippen LogP contribution >= 0.6 is 0 Å². The number of hydrogen-bond donors (Lipinski definition) is 0. The maximum absolute atomic E-state index is 15.1. The summed E-state index contributed by atoms with van der Waals surface area (Å²) in [4.78, 5) is 46.3. The highest BCUT2D eigenvalue weighted by Gasteiger charge is 2.51. The van der Waals surface area contributed by atoms with Crippen LogP contribution in [0.1, 0.15) is 74.6 Å². The lowest BCUT2D eigenvalue weighted by Crippen LogP contribution is -2.47. The van der Waals surface area contributed by atoms with Gasteiger partial charge in [-0.15, -0.1) is 0 Å². The van der Waals surface area contributed by atoms with Crippen molar-refractivity contribution < 1.29 is 18.4 Å². The molecule has 0 unspecified atom stereocenters. The molecule has 8 rings (SSSR count). The fourth-order valence-corrected chi connectivity index (χ4v) is 8.39. The lowest BCUT2D eigenvalue weighted by atomic mass is 9.48. The van der Waals surface area contributed by atoms with Gasteiger partial charge in [-0.1, -0.05) is 0 Å². The minimum Gasteiger partial charge on any atom is -0.297 e. The molecule has 3 heterocycles. The van der Waals surface area contributed by atoms with E-state index >= 15 is 4.39 Å². The second-order valence-electron chi connectivity index (χ2n) is 12.4. The summed E-state index contributed by atoms with van der Waals surface area (Å²) >= 11 is 0. The lowest BCUT2D eigenvalue weighted by molar-refractivity contribution is -0.119. The number of nitrogens with zero attached hydrogens (tertiary/aromatic N) is 3. The zero-order chi connectivity index (χ0) is 26.9. The molecule has 4 aliphatic carbocycles. The molecule has 5 fully saturated rings. The Balaban J connectivity index is 1.34. The lowest BCUT2D eigenvalue weighted by Gasteiger charge is -2.56. The second-order valence-corrected chi connectivity index (χ2v) is 12.4. The monoisotopic (exact) mass is 531 g/mol. The molecule has 6 nitrogen and oxygen atoms in total. The van der Waals surface area contributed by atoms with Gasteiger partial charge in [-0.05, 0) is 98.8 Å². The Labute approximate surface area is 225 Å². The fraction of sp³-hybridized carbons (Fsp3) is 0.484. The Morgan fingerprint density at radius 2 is 1.69 bits per heavy atom. The minimum atomic E-state index is -0.833. The van der Waals surface area contributed by atoms with Gasteiger partial charge in [-0.2, -0.15) is 0 Å². The average molecular weight is 532 g/mol. The van der Waals surface area contributed by atoms with Gasteiger partial charge in [0.1, 0.15) is 17.5 Å². The molecular formula is C31H31F2N3O3. The number of carbonyl (C=O) groups excluding carboxylic acids is 2. The van der Waals surface area contributed by atoms with Crippen molar-refractivity contribution in [3.63, 3.8) is 0 Å². The number of halogens is 2. The summed E-state index contributed by atoms with van der Waals surface area (Å²) in [6.45, 7) is 0.508. The summed E-state index contributed by atoms with van der Waals surface area (Å²) in [7, 11) is 0. The van der Waals surface area contributed by atoms with Gasteiger partial charge in [-0.25, -0.2) is 13.8 Å². The van der Waals surface area contributed by atoms with Crippen molar-refractivity contribution in [3.05, 3.63) is 63.9 Å². The topological polar surface area (TPSA) is 72.3 Å². The summed E-state index contributed by atoms with van der Waals surface area (Å²) in [6.07, 6.45) is 10.6. The summed E-state index contributed by atoms with van der Waals surface area (Å²) in [5, 5.41) is 0.170. The largest absolute Gasteiger partial charge is 0.297 e. The number of piperidine rings is 1. The number of hydrogen-bond acceptors (Lipinski definition) is 4. The van der Waals surface area contributed by atoms with Crippen LogP contribution < -0.4 is 10.3 Å². The van der Waals surface area contributed by atoms with Crippen molar-refractivity contribution >= 4 is 28.5 Å². The summed E-state index contributed by atoms with van der Waals surface area (Å²) in [5.41, 5.74) is -0.378. The van der Waals surface area contributed by atoms with Crippen molar-refractivity contribution in [1.82, 2.24) is 9.55 Å². The highest BCUT2D eigenvalue weighted by atomic mass is 19.1. The molecule has 0 N–H and O–H groups in total. The van der Waals surface area contributed by atoms with E-state index in [1.54, 1.807) is 17.0 Å². The van der Waals surface area contributed by atoms with E-state index in [-0.39, 0.29) is 39.4 Å². The molecular weight excluding hydrogens is 500 g/mol. The standard InChI is InChI=1S/C31H31F2N3O3/c32-21-4-6-25(24(33)12-21)36-17-23(26(37)16-31-13-18-9-19(14-31)11-20(10-18)15-31)29(39)22-5-7-27(34-30(22)36)35-8-2-1-3-28(35)38/h4-7,12,17-20H,1-3,8-11,13-16H2. The SMILES string of the molecule is O=C(CC12CC3CC(CC(C3)C1)C2)c1cn(-c2ccc(F)cc2F)c2nc(N3CCCCC3=O)ccc2c1=O. The third-order valence-electron chi connectivity index (χ3n) is 9.61. The molecule has 202 valence electrons. The van der Waals surface area contributed by atoms with Gasteiger partial charge in [0.15, 0.2) is 11.4 Å². The number of carbonyl (C=O) groups is 2. The van der Waals surface area contributed by atoms with Crippen LogP contribution in [0.4, 0.5) is 14.6 Å². The van der Waals surface area contributed by atoms with Crippen LogP contribution in [0.15, 0.2) is 41.3 Å². The molecule has 0 radical (unpaired) electrons. The zero-order valence-electron chi connectivity index (χ0n) is 21.8. The van der Waals surface area contributed by atoms with Crippen molar-refractivity contribution in [3.8, 4) is 5.69 Å². The molecule has 5 aliphatic rings. The smallest absolute Gasteiger partial charge is 0.228 e. The Morgan fingerprint density at radius 1 is 0.974 bits per heavy atom. The van der Waals surface area contributed by atoms with Crippen molar-refractivity contribution in [2.45, 2.75) is 64.2 Å². The van der Waals surface area contributed by atoms with Gasteiger partial charge < -0.3 is 0 Å². The second kappa shape index (κ2) is 9.07. The Kier molecular flexibility index (Phi) is 5.72. The number of rotatable bonds is 5. The van der Waals surface area contributed by atoms with E-state index in [9.17, 15) is 18.8 Å². The van der Waals surface area contributed by atoms with E-state index in [4.69, 9.17) is 0 Å². The number of amides is 1. The molecule has 8 heteroatoms. The Bertz CT molecular complexity index is 1540. The highest BCUT2D eigenvalue weighted by molar-refractivity contribution is 6.00. The maximum atomic E-state index is 15.1. The molecule has 1 aromatic carbocycles. The van der Waals surface area contributed by atoms with Crippen LogP contribution in [0.2, 0.25) is 0 Å². The number of anilines is 1. The third-order valence-corrected chi connectivity index (χ3v) is 9.61. The van der Waals surface area contributed by atoms with Crippen molar-refractivity contribution in [2.75, 3.05) is 11.4 Å². The summed E-state index contributed by atoms with van der Waals surface area (Å²) in [5.74, 6) is 0.540. The predicted octanol–water partition coefficient (Wildman–Crippen LogP) is 5.97. The first-order valence-corrected chi connectivity index (χ1v) is 14.1. The Hall–Kier alpha value is -3.42. The van der Waals surface area contributed by atoms with E-state index in [0.29, 0.717) is 43.0 Å². The molecule has 0 atom stereocenters. The molecule has 2 aromatic heterocycles. The first-order chi connectivity index (χ1) is 18.8. The van der Waals surface area contributed by atoms with Gasteiger partial charge in [-0.3, -0.25) is 23.9 Å². The van der Waals surface area contributed by atoms with Crippen LogP contribution in [0.25, 0.3) is 16.7 Å². The van der Waals surface area contributed by atoms with Crippen LogP contribution in [-0.4, -0.2) is 27.8 Å². The molecule has 1 aliphatic heterocycles. The van der Waals surface area contributed by atoms with E-state index in [1.807, 2.05) is 0 Å². The van der Waals surface area contributed by atoms with Gasteiger partial charge >= 0.3 is 0 Å². The van der Waals surface area contributed by atoms with Gasteiger partial charge in [0, 0.05) is 31.6 Å². The zero-order valence-corrected chi connectivity index (χ0v) is 21.8. The van der Waals surface area contributed by atoms with Crippen LogP contribution in [0.3, 0.4) is 0 Å². The van der Waals surface area contributed by atoms with E-state index in [0.717, 1.165) is 44.2 Å². The number of benzene rings is 1. The number of aromatic nitrogens is 2. The first-order valence-electron chi connectivity index (χ1n) is 14.1. The van der Waals surface area contributed by atoms with Gasteiger partial charge in [0.25, 0.3) is 0 Å². The maximum Gasteiger partial charge on any atom is 0.228 e. The predicted molar refractivity (Wildman–Crippen MR) is 143 cm³/mol. The van der Waals surface area contributed by atoms with Crippen molar-refractivity contribution in [2.24, 2.45) is 23.2 Å². The molecule has 3 aromatic rings. The molecule has 1 amide bonds. The average Bonchev–Trinajstić information content (AvgIpc) is 2.88. The number of pyridine rings is 2. The molecule has 0 spiro atoms. The van der Waals surface area contributed by atoms with E-state index in [1.165, 1.54) is 36.1 Å². The number of Topliss-reactive ketones (excluding diaryl/α,β-unsaturated/α-hetero) is 1. The third kappa shape index (κ3) is 4.19.